The predicted molar refractivity (Wildman–Crippen MR) is 369 cm³/mol. The molecule has 15 atom stereocenters. The van der Waals surface area contributed by atoms with Crippen molar-refractivity contribution in [1.82, 2.24) is 4.90 Å². The number of carbonyl (C=O) groups excluding carboxylic acids is 8. The summed E-state index contributed by atoms with van der Waals surface area (Å²) < 4.78 is 38.3. The lowest BCUT2D eigenvalue weighted by Gasteiger charge is -2.42. The number of Topliss-reactive ketones (excluding diaryl/α,β-unsaturated/α-hetero) is 3. The first-order valence-electron chi connectivity index (χ1n) is 32.0. The normalized spacial score (nSPS) is 32.3. The van der Waals surface area contributed by atoms with Gasteiger partial charge in [0.25, 0.3) is 11.7 Å². The molecule has 4 N–H and O–H groups in total. The van der Waals surface area contributed by atoms with Gasteiger partial charge < -0.3 is 54.2 Å². The molecule has 4 aliphatic rings. The van der Waals surface area contributed by atoms with Gasteiger partial charge >= 0.3 is 11.9 Å². The molecule has 2 saturated heterocycles. The lowest BCUT2D eigenvalue weighted by molar-refractivity contribution is -0.265. The molecule has 0 spiro atoms. The van der Waals surface area contributed by atoms with E-state index in [2.05, 4.69) is 10.6 Å². The summed E-state index contributed by atoms with van der Waals surface area (Å²) in [6.07, 6.45) is 16.4. The van der Waals surface area contributed by atoms with Crippen molar-refractivity contribution in [2.24, 2.45) is 41.4 Å². The van der Waals surface area contributed by atoms with Crippen LogP contribution in [0, 0.1) is 52.1 Å². The van der Waals surface area contributed by atoms with Crippen LogP contribution in [0.25, 0.3) is 0 Å². The Hall–Kier alpha value is -3.51. The highest BCUT2D eigenvalue weighted by molar-refractivity contribution is 14.1. The number of unbranched alkanes of at least 4 members (excludes halogenated alkanes) is 3. The van der Waals surface area contributed by atoms with Crippen LogP contribution < -0.4 is 10.6 Å². The van der Waals surface area contributed by atoms with Gasteiger partial charge in [0.2, 0.25) is 17.6 Å². The minimum Gasteiger partial charge on any atom is -0.462 e. The summed E-state index contributed by atoms with van der Waals surface area (Å²) in [6.45, 7) is 18.1. The van der Waals surface area contributed by atoms with E-state index < -0.39 is 77.6 Å². The average Bonchev–Trinajstić information content (AvgIpc) is 0.795. The molecule has 3 amide bonds. The fourth-order valence-corrected chi connectivity index (χ4v) is 17.0. The minimum absolute atomic E-state index is 0.0491. The van der Waals surface area contributed by atoms with E-state index in [0.717, 1.165) is 31.3 Å². The third kappa shape index (κ3) is 21.5. The molecule has 2 bridgehead atoms. The Morgan fingerprint density at radius 3 is 2.07 bits per heavy atom. The van der Waals surface area contributed by atoms with Crippen molar-refractivity contribution in [3.63, 3.8) is 0 Å². The first-order chi connectivity index (χ1) is 42.5. The van der Waals surface area contributed by atoms with E-state index in [4.69, 9.17) is 28.4 Å². The number of hydrogen-bond donors (Lipinski definition) is 4. The number of anilines is 2. The second-order valence-corrected chi connectivity index (χ2v) is 28.8. The Labute approximate surface area is 573 Å². The zero-order valence-corrected chi connectivity index (χ0v) is 61.1. The number of fused-ring (bicyclic) bond motifs is 3. The second-order valence-electron chi connectivity index (χ2n) is 25.5. The Kier molecular flexibility index (Phi) is 31.7. The molecule has 0 aromatic heterocycles. The number of amides is 3. The molecular formula is C68H98I3N3O16. The summed E-state index contributed by atoms with van der Waals surface area (Å²) >= 11 is 6.06. The number of piperidine rings is 1. The number of halogens is 3. The maximum atomic E-state index is 14.7. The van der Waals surface area contributed by atoms with E-state index in [0.29, 0.717) is 98.5 Å². The van der Waals surface area contributed by atoms with Crippen molar-refractivity contribution in [3.05, 3.63) is 63.9 Å². The maximum Gasteiger partial charge on any atom is 0.340 e. The van der Waals surface area contributed by atoms with Gasteiger partial charge in [-0.3, -0.25) is 28.8 Å². The van der Waals surface area contributed by atoms with Crippen LogP contribution in [0.5, 0.6) is 0 Å². The van der Waals surface area contributed by atoms with E-state index in [-0.39, 0.29) is 90.8 Å². The number of rotatable bonds is 16. The van der Waals surface area contributed by atoms with Gasteiger partial charge in [0.15, 0.2) is 0 Å². The van der Waals surface area contributed by atoms with Gasteiger partial charge in [0.1, 0.15) is 23.7 Å². The van der Waals surface area contributed by atoms with E-state index in [9.17, 15) is 48.6 Å². The summed E-state index contributed by atoms with van der Waals surface area (Å²) in [6, 6.07) is -1.17. The number of esters is 2. The van der Waals surface area contributed by atoms with Gasteiger partial charge in [0.05, 0.1) is 64.8 Å². The number of carbonyl (C=O) groups is 8. The number of aliphatic hydroxyl groups is 2. The Bertz CT molecular complexity index is 2780. The van der Waals surface area contributed by atoms with Crippen molar-refractivity contribution >= 4 is 126 Å². The highest BCUT2D eigenvalue weighted by Gasteiger charge is 2.53. The number of aliphatic hydroxyl groups excluding tert-OH is 1. The number of cyclic esters (lactones) is 1. The molecule has 0 radical (unpaired) electrons. The molecule has 3 heterocycles. The maximum absolute atomic E-state index is 14.7. The monoisotopic (exact) mass is 1590 g/mol. The van der Waals surface area contributed by atoms with Crippen molar-refractivity contribution in [2.45, 2.75) is 220 Å². The van der Waals surface area contributed by atoms with Crippen LogP contribution in [0.15, 0.2) is 47.6 Å². The summed E-state index contributed by atoms with van der Waals surface area (Å²) in [5.74, 6) is -9.66. The zero-order chi connectivity index (χ0) is 66.7. The number of nitrogens with zero attached hydrogens (tertiary/aromatic N) is 1. The van der Waals surface area contributed by atoms with Crippen LogP contribution in [-0.2, 0) is 62.0 Å². The summed E-state index contributed by atoms with van der Waals surface area (Å²) in [5.41, 5.74) is 2.47. The fourth-order valence-electron chi connectivity index (χ4n) is 12.8. The fraction of sp³-hybridized carbons (Fsp3) is 0.676. The molecule has 502 valence electrons. The number of ether oxygens (including phenoxy) is 6. The van der Waals surface area contributed by atoms with E-state index in [1.807, 2.05) is 126 Å². The summed E-state index contributed by atoms with van der Waals surface area (Å²) in [7, 11) is 3.24. The molecule has 3 fully saturated rings. The molecular weight excluding hydrogens is 1500 g/mol. The first-order valence-corrected chi connectivity index (χ1v) is 35.3. The van der Waals surface area contributed by atoms with E-state index in [1.165, 1.54) is 18.7 Å². The number of nitrogens with one attached hydrogen (secondary N) is 2. The molecule has 1 saturated carbocycles. The van der Waals surface area contributed by atoms with Crippen molar-refractivity contribution < 1.29 is 77.0 Å². The largest absolute Gasteiger partial charge is 0.462 e. The lowest BCUT2D eigenvalue weighted by Crippen LogP contribution is -2.61. The van der Waals surface area contributed by atoms with Gasteiger partial charge in [-0.25, -0.2) is 9.59 Å². The molecule has 1 aromatic rings. The molecule has 1 aromatic carbocycles. The molecule has 1 aliphatic carbocycles. The average molecular weight is 1590 g/mol. The number of benzene rings is 1. The number of hydrogen-bond acceptors (Lipinski definition) is 16. The van der Waals surface area contributed by atoms with Crippen LogP contribution in [0.4, 0.5) is 11.4 Å². The van der Waals surface area contributed by atoms with Gasteiger partial charge in [-0.05, 0) is 194 Å². The Balaban J connectivity index is 1.28. The van der Waals surface area contributed by atoms with Crippen molar-refractivity contribution in [1.29, 1.82) is 0 Å². The number of methoxy groups -OCH3 is 2. The van der Waals surface area contributed by atoms with Gasteiger partial charge in [-0.1, -0.05) is 84.4 Å². The zero-order valence-electron chi connectivity index (χ0n) is 54.7. The smallest absolute Gasteiger partial charge is 0.340 e. The van der Waals surface area contributed by atoms with Crippen LogP contribution in [0.3, 0.4) is 0 Å². The third-order valence-electron chi connectivity index (χ3n) is 18.3. The molecule has 0 unspecified atom stereocenters. The van der Waals surface area contributed by atoms with Gasteiger partial charge in [0, 0.05) is 77.7 Å². The van der Waals surface area contributed by atoms with E-state index >= 15 is 0 Å². The summed E-state index contributed by atoms with van der Waals surface area (Å²) in [4.78, 5) is 111. The topological polar surface area (TPSA) is 260 Å². The van der Waals surface area contributed by atoms with Crippen molar-refractivity contribution in [3.8, 4) is 0 Å². The van der Waals surface area contributed by atoms with Crippen LogP contribution >= 0.6 is 67.8 Å². The first kappa shape index (κ1) is 77.2. The van der Waals surface area contributed by atoms with Crippen molar-refractivity contribution in [2.75, 3.05) is 44.6 Å². The number of ketones is 3. The minimum atomic E-state index is -2.46. The number of allylic oxidation sites excluding steroid dienone is 6. The Morgan fingerprint density at radius 1 is 0.778 bits per heavy atom. The predicted octanol–water partition coefficient (Wildman–Crippen LogP) is 12.0. The Morgan fingerprint density at radius 2 is 1.43 bits per heavy atom. The molecule has 19 nitrogen and oxygen atoms in total. The highest BCUT2D eigenvalue weighted by Crippen LogP contribution is 2.41. The lowest BCUT2D eigenvalue weighted by atomic mass is 9.78. The standard InChI is InChI=1S/C68H98I3N3O16/c1-38-22-16-15-17-23-39(2)53(85-11)36-49-27-25-44(7)68(84,90-49)64(80)65(81)74-29-19-18-24-50(74)66(82)89-54(37-51(77)40(3)33-43(6)63(79)45(8)62(78)42(5)32-38)41(4)34-48-26-28-52(55(35-48)86-12)87-30-20-13-14-21-31-88-67(83)56-57(69)60(72-46(9)75)59(71)61(58(56)70)73-47(10)76/h15-17,22-23,33,38,40-42,44-45,48-50,52-55,63,79,84H,13-14,18-21,24-32,34-37H2,1-12H3,(H,72,75)(H,73,76)/b17-15+,22-16+,39-23+,43-33+/t38-,40-,41-,42-,44-,45+,48+,49+,50+,52-,53+,54+,55-,63-,68-/m1/s1. The highest BCUT2D eigenvalue weighted by atomic mass is 127. The van der Waals surface area contributed by atoms with E-state index in [1.54, 1.807) is 48.0 Å². The molecule has 5 rings (SSSR count). The molecule has 22 heteroatoms. The van der Waals surface area contributed by atoms with Gasteiger partial charge in [-0.2, -0.15) is 0 Å². The van der Waals surface area contributed by atoms with Gasteiger partial charge in [-0.15, -0.1) is 0 Å². The quantitative estimate of drug-likeness (QED) is 0.0394. The SMILES string of the molecule is CO[C@H]1C[C@@H]2CC[C@@H](C)[C@@](O)(O2)C(=O)C(=O)N2CCCC[C@H]2C(=O)O[C@H]([C@H](C)C[C@@H]2CC[C@@H](OCCCCCCOC(=O)c3c(I)c(NC(C)=O)c(I)c(NC(C)=O)c3I)[C@H](OC)C2)CC(=O)[C@H](C)/C=C(\C)[C@@H](O)[C@@H](C)C(=O)[C@H](C)C[C@H](C)/C=C/C=C/C=C/1C. The van der Waals surface area contributed by atoms with Crippen LogP contribution in [0.1, 0.15) is 182 Å². The van der Waals surface area contributed by atoms with Crippen LogP contribution in [-0.4, -0.2) is 145 Å². The molecule has 90 heavy (non-hydrogen) atoms. The summed E-state index contributed by atoms with van der Waals surface area (Å²) in [5, 5.41) is 29.2. The van der Waals surface area contributed by atoms with Crippen LogP contribution in [0.2, 0.25) is 0 Å². The third-order valence-corrected chi connectivity index (χ3v) is 21.5. The molecule has 3 aliphatic heterocycles. The second kappa shape index (κ2) is 37.0.